The fraction of sp³-hybridized carbons (Fsp3) is 0.273. The molecule has 0 spiro atoms. The monoisotopic (exact) mass is 523 g/mol. The smallest absolute Gasteiger partial charge is 0.275 e. The number of halogens is 1. The number of amides is 2. The number of hydrogen-bond acceptors (Lipinski definition) is 2. The molecule has 1 aliphatic carbocycles. The van der Waals surface area contributed by atoms with Crippen LogP contribution >= 0.6 is 0 Å². The lowest BCUT2D eigenvalue weighted by Crippen LogP contribution is -2.47. The zero-order valence-electron chi connectivity index (χ0n) is 22.4. The Morgan fingerprint density at radius 3 is 2.31 bits per heavy atom. The van der Waals surface area contributed by atoms with Gasteiger partial charge in [0.25, 0.3) is 5.91 Å². The predicted octanol–water partition coefficient (Wildman–Crippen LogP) is 7.27. The number of hydrogen-bond donors (Lipinski definition) is 2. The summed E-state index contributed by atoms with van der Waals surface area (Å²) in [6, 6.07) is 24.2. The van der Waals surface area contributed by atoms with E-state index in [9.17, 15) is 14.0 Å². The number of nitrogens with one attached hydrogen (secondary N) is 2. The van der Waals surface area contributed by atoms with Crippen molar-refractivity contribution in [2.75, 3.05) is 4.90 Å². The van der Waals surface area contributed by atoms with E-state index in [0.29, 0.717) is 16.9 Å². The van der Waals surface area contributed by atoms with Gasteiger partial charge in [-0.15, -0.1) is 0 Å². The standard InChI is InChI=1S/C33H34FN3O2/c1-22-13-20-30(23(2)21-22)37(33(39)29-19-18-28(36-29)24-9-5-3-6-10-24)31(25-14-16-26(34)17-15-25)32(38)35-27-11-7-4-8-12-27/h3,5-6,9-10,13-21,27,31,36H,4,7-8,11-12H2,1-2H3,(H,35,38)/t31-/m1/s1. The maximum atomic E-state index is 14.3. The van der Waals surface area contributed by atoms with Crippen LogP contribution in [0, 0.1) is 19.7 Å². The molecular formula is C33H34FN3O2. The van der Waals surface area contributed by atoms with Gasteiger partial charge in [-0.1, -0.05) is 79.4 Å². The zero-order chi connectivity index (χ0) is 27.4. The molecule has 5 nitrogen and oxygen atoms in total. The summed E-state index contributed by atoms with van der Waals surface area (Å²) in [5, 5.41) is 3.21. The minimum atomic E-state index is -0.982. The maximum Gasteiger partial charge on any atom is 0.275 e. The quantitative estimate of drug-likeness (QED) is 0.267. The van der Waals surface area contributed by atoms with Crippen LogP contribution in [0.1, 0.15) is 65.3 Å². The van der Waals surface area contributed by atoms with E-state index in [2.05, 4.69) is 10.3 Å². The van der Waals surface area contributed by atoms with Gasteiger partial charge in [-0.3, -0.25) is 14.5 Å². The Kier molecular flexibility index (Phi) is 7.92. The SMILES string of the molecule is Cc1ccc(N(C(=O)c2ccc(-c3ccccc3)[nH]2)[C@@H](C(=O)NC2CCCCC2)c2ccc(F)cc2)c(C)c1. The van der Waals surface area contributed by atoms with Crippen LogP contribution in [0.4, 0.5) is 10.1 Å². The third kappa shape index (κ3) is 5.95. The number of carbonyl (C=O) groups excluding carboxylic acids is 2. The van der Waals surface area contributed by atoms with Gasteiger partial charge in [0.15, 0.2) is 0 Å². The van der Waals surface area contributed by atoms with E-state index in [0.717, 1.165) is 54.5 Å². The van der Waals surface area contributed by atoms with Crippen LogP contribution in [-0.4, -0.2) is 22.8 Å². The molecule has 0 saturated heterocycles. The molecule has 2 N–H and O–H groups in total. The van der Waals surface area contributed by atoms with E-state index in [1.807, 2.05) is 68.4 Å². The second-order valence-electron chi connectivity index (χ2n) is 10.4. The van der Waals surface area contributed by atoms with Gasteiger partial charge in [-0.25, -0.2) is 4.39 Å². The van der Waals surface area contributed by atoms with Crippen molar-refractivity contribution in [3.05, 3.63) is 113 Å². The molecule has 200 valence electrons. The summed E-state index contributed by atoms with van der Waals surface area (Å²) in [7, 11) is 0. The molecule has 5 rings (SSSR count). The van der Waals surface area contributed by atoms with Gasteiger partial charge in [-0.05, 0) is 73.7 Å². The van der Waals surface area contributed by atoms with Crippen molar-refractivity contribution < 1.29 is 14.0 Å². The number of benzene rings is 3. The fourth-order valence-corrected chi connectivity index (χ4v) is 5.47. The van der Waals surface area contributed by atoms with Crippen molar-refractivity contribution >= 4 is 17.5 Å². The van der Waals surface area contributed by atoms with Crippen LogP contribution in [0.15, 0.2) is 84.9 Å². The minimum Gasteiger partial charge on any atom is -0.351 e. The molecule has 6 heteroatoms. The van der Waals surface area contributed by atoms with Crippen LogP contribution in [0.2, 0.25) is 0 Å². The number of rotatable bonds is 7. The normalized spacial score (nSPS) is 14.5. The van der Waals surface area contributed by atoms with E-state index in [4.69, 9.17) is 0 Å². The summed E-state index contributed by atoms with van der Waals surface area (Å²) in [6.45, 7) is 3.93. The van der Waals surface area contributed by atoms with Crippen LogP contribution in [-0.2, 0) is 4.79 Å². The largest absolute Gasteiger partial charge is 0.351 e. The van der Waals surface area contributed by atoms with Crippen molar-refractivity contribution in [3.8, 4) is 11.3 Å². The second kappa shape index (κ2) is 11.7. The molecule has 2 amide bonds. The fourth-order valence-electron chi connectivity index (χ4n) is 5.47. The lowest BCUT2D eigenvalue weighted by atomic mass is 9.94. The molecule has 1 atom stereocenters. The van der Waals surface area contributed by atoms with E-state index >= 15 is 0 Å². The van der Waals surface area contributed by atoms with Crippen molar-refractivity contribution in [1.29, 1.82) is 0 Å². The molecule has 3 aromatic carbocycles. The average molecular weight is 524 g/mol. The first-order chi connectivity index (χ1) is 18.9. The van der Waals surface area contributed by atoms with Crippen molar-refractivity contribution in [2.24, 2.45) is 0 Å². The molecule has 4 aromatic rings. The Balaban J connectivity index is 1.60. The van der Waals surface area contributed by atoms with Gasteiger partial charge < -0.3 is 10.3 Å². The third-order valence-corrected chi connectivity index (χ3v) is 7.48. The van der Waals surface area contributed by atoms with Gasteiger partial charge >= 0.3 is 0 Å². The Morgan fingerprint density at radius 2 is 1.62 bits per heavy atom. The van der Waals surface area contributed by atoms with Gasteiger partial charge in [0.05, 0.1) is 0 Å². The third-order valence-electron chi connectivity index (χ3n) is 7.48. The van der Waals surface area contributed by atoms with Gasteiger partial charge in [0.2, 0.25) is 5.91 Å². The molecule has 1 fully saturated rings. The lowest BCUT2D eigenvalue weighted by Gasteiger charge is -2.34. The molecular weight excluding hydrogens is 489 g/mol. The average Bonchev–Trinajstić information content (AvgIpc) is 3.44. The van der Waals surface area contributed by atoms with Gasteiger partial charge in [0.1, 0.15) is 17.6 Å². The van der Waals surface area contributed by atoms with E-state index in [1.54, 1.807) is 23.1 Å². The Labute approximate surface area is 229 Å². The Hall–Kier alpha value is -4.19. The molecule has 1 heterocycles. The summed E-state index contributed by atoms with van der Waals surface area (Å²) in [6.07, 6.45) is 5.12. The van der Waals surface area contributed by atoms with E-state index in [1.165, 1.54) is 12.1 Å². The summed E-state index contributed by atoms with van der Waals surface area (Å²) in [5.74, 6) is -1.000. The van der Waals surface area contributed by atoms with E-state index in [-0.39, 0.29) is 17.9 Å². The summed E-state index contributed by atoms with van der Waals surface area (Å²) in [4.78, 5) is 33.2. The van der Waals surface area contributed by atoms with Crippen molar-refractivity contribution in [3.63, 3.8) is 0 Å². The molecule has 39 heavy (non-hydrogen) atoms. The number of H-pyrrole nitrogens is 1. The highest BCUT2D eigenvalue weighted by molar-refractivity contribution is 6.10. The van der Waals surface area contributed by atoms with Gasteiger partial charge in [-0.2, -0.15) is 0 Å². The van der Waals surface area contributed by atoms with Crippen LogP contribution in [0.25, 0.3) is 11.3 Å². The minimum absolute atomic E-state index is 0.0560. The molecule has 1 aromatic heterocycles. The number of aromatic nitrogens is 1. The van der Waals surface area contributed by atoms with Crippen LogP contribution < -0.4 is 10.2 Å². The summed E-state index contributed by atoms with van der Waals surface area (Å²) in [5.41, 5.74) is 5.24. The molecule has 0 aliphatic heterocycles. The number of carbonyl (C=O) groups is 2. The number of aromatic amines is 1. The van der Waals surface area contributed by atoms with E-state index < -0.39 is 11.9 Å². The Morgan fingerprint density at radius 1 is 0.897 bits per heavy atom. The molecule has 1 aliphatic rings. The van der Waals surface area contributed by atoms with Crippen molar-refractivity contribution in [1.82, 2.24) is 10.3 Å². The Bertz CT molecular complexity index is 1440. The predicted molar refractivity (Wildman–Crippen MR) is 153 cm³/mol. The first kappa shape index (κ1) is 26.4. The lowest BCUT2D eigenvalue weighted by molar-refractivity contribution is -0.123. The maximum absolute atomic E-state index is 14.3. The highest BCUT2D eigenvalue weighted by atomic mass is 19.1. The molecule has 0 unspecified atom stereocenters. The van der Waals surface area contributed by atoms with Crippen molar-refractivity contribution in [2.45, 2.75) is 58.0 Å². The molecule has 0 radical (unpaired) electrons. The number of nitrogens with zero attached hydrogens (tertiary/aromatic N) is 1. The molecule has 1 saturated carbocycles. The first-order valence-electron chi connectivity index (χ1n) is 13.6. The highest BCUT2D eigenvalue weighted by Gasteiger charge is 2.36. The summed E-state index contributed by atoms with van der Waals surface area (Å²) < 4.78 is 14.0. The topological polar surface area (TPSA) is 65.2 Å². The highest BCUT2D eigenvalue weighted by Crippen LogP contribution is 2.34. The zero-order valence-corrected chi connectivity index (χ0v) is 22.4. The second-order valence-corrected chi connectivity index (χ2v) is 10.4. The first-order valence-corrected chi connectivity index (χ1v) is 13.6. The number of anilines is 1. The summed E-state index contributed by atoms with van der Waals surface area (Å²) >= 11 is 0. The van der Waals surface area contributed by atoms with Gasteiger partial charge in [0, 0.05) is 17.4 Å². The number of aryl methyl sites for hydroxylation is 2. The van der Waals surface area contributed by atoms with Crippen LogP contribution in [0.3, 0.4) is 0 Å². The van der Waals surface area contributed by atoms with Crippen LogP contribution in [0.5, 0.6) is 0 Å². The molecule has 0 bridgehead atoms.